The molecule has 0 aromatic heterocycles. The Bertz CT molecular complexity index is 847. The van der Waals surface area contributed by atoms with Crippen molar-refractivity contribution in [3.8, 4) is 11.1 Å². The summed E-state index contributed by atoms with van der Waals surface area (Å²) in [5, 5.41) is 0. The smallest absolute Gasteiger partial charge is 0.410 e. The van der Waals surface area contributed by atoms with E-state index in [0.29, 0.717) is 19.6 Å². The number of hydrogen-bond donors (Lipinski definition) is 0. The largest absolute Gasteiger partial charge is 0.448 e. The lowest BCUT2D eigenvalue weighted by Crippen LogP contribution is -2.52. The lowest BCUT2D eigenvalue weighted by Gasteiger charge is -2.33. The van der Waals surface area contributed by atoms with Gasteiger partial charge in [-0.05, 0) is 22.3 Å². The van der Waals surface area contributed by atoms with Gasteiger partial charge in [-0.25, -0.2) is 4.79 Å². The first-order valence-corrected chi connectivity index (χ1v) is 9.17. The second kappa shape index (κ2) is 7.27. The summed E-state index contributed by atoms with van der Waals surface area (Å²) in [5.74, 6) is -0.0474. The molecular formula is C22H22N2O3. The summed E-state index contributed by atoms with van der Waals surface area (Å²) >= 11 is 0. The molecule has 2 aromatic carbocycles. The predicted octanol–water partition coefficient (Wildman–Crippen LogP) is 3.27. The summed E-state index contributed by atoms with van der Waals surface area (Å²) in [6.07, 6.45) is 1.27. The molecule has 2 amide bonds. The molecular weight excluding hydrogens is 340 g/mol. The first kappa shape index (κ1) is 17.3. The number of nitrogens with zero attached hydrogens (tertiary/aromatic N) is 2. The van der Waals surface area contributed by atoms with E-state index in [0.717, 1.165) is 0 Å². The van der Waals surface area contributed by atoms with Gasteiger partial charge in [0.05, 0.1) is 0 Å². The Labute approximate surface area is 158 Å². The van der Waals surface area contributed by atoms with E-state index in [2.05, 4.69) is 30.8 Å². The van der Waals surface area contributed by atoms with Gasteiger partial charge in [0.25, 0.3) is 0 Å². The van der Waals surface area contributed by atoms with Crippen molar-refractivity contribution >= 4 is 12.0 Å². The van der Waals surface area contributed by atoms with E-state index >= 15 is 0 Å². The molecule has 2 aromatic rings. The van der Waals surface area contributed by atoms with Gasteiger partial charge in [0.1, 0.15) is 13.2 Å². The summed E-state index contributed by atoms with van der Waals surface area (Å²) in [7, 11) is 0. The molecule has 0 spiro atoms. The van der Waals surface area contributed by atoms with Gasteiger partial charge in [-0.3, -0.25) is 9.69 Å². The monoisotopic (exact) mass is 362 g/mol. The molecule has 4 rings (SSSR count). The van der Waals surface area contributed by atoms with E-state index < -0.39 is 6.09 Å². The Hall–Kier alpha value is -3.08. The maximum Gasteiger partial charge on any atom is 0.410 e. The van der Waals surface area contributed by atoms with Crippen molar-refractivity contribution in [2.75, 3.05) is 32.8 Å². The maximum atomic E-state index is 12.5. The lowest BCUT2D eigenvalue weighted by molar-refractivity contribution is -0.134. The van der Waals surface area contributed by atoms with Crippen LogP contribution >= 0.6 is 0 Å². The molecule has 0 atom stereocenters. The van der Waals surface area contributed by atoms with Gasteiger partial charge in [0.2, 0.25) is 5.91 Å². The number of piperazine rings is 1. The van der Waals surface area contributed by atoms with Crippen molar-refractivity contribution in [1.29, 1.82) is 0 Å². The first-order chi connectivity index (χ1) is 13.2. The minimum atomic E-state index is -0.427. The number of carbonyl (C=O) groups is 2. The molecule has 138 valence electrons. The van der Waals surface area contributed by atoms with Gasteiger partial charge in [0.15, 0.2) is 0 Å². The van der Waals surface area contributed by atoms with Gasteiger partial charge in [-0.1, -0.05) is 54.6 Å². The van der Waals surface area contributed by atoms with Crippen molar-refractivity contribution in [3.05, 3.63) is 72.3 Å². The van der Waals surface area contributed by atoms with Crippen LogP contribution in [-0.4, -0.2) is 54.6 Å². The molecule has 1 fully saturated rings. The highest BCUT2D eigenvalue weighted by Crippen LogP contribution is 2.44. The highest BCUT2D eigenvalue weighted by Gasteiger charge is 2.31. The zero-order chi connectivity index (χ0) is 18.8. The summed E-state index contributed by atoms with van der Waals surface area (Å²) in [5.41, 5.74) is 4.75. The molecule has 1 saturated heterocycles. The number of carbonyl (C=O) groups excluding carboxylic acids is 2. The number of amides is 2. The summed E-state index contributed by atoms with van der Waals surface area (Å²) in [6.45, 7) is 5.49. The number of hydrogen-bond acceptors (Lipinski definition) is 3. The van der Waals surface area contributed by atoms with Crippen LogP contribution in [0.5, 0.6) is 0 Å². The van der Waals surface area contributed by atoms with Crippen LogP contribution in [0.3, 0.4) is 0 Å². The molecule has 2 aliphatic rings. The maximum absolute atomic E-state index is 12.5. The lowest BCUT2D eigenvalue weighted by atomic mass is 9.98. The average molecular weight is 362 g/mol. The Kier molecular flexibility index (Phi) is 4.67. The minimum Gasteiger partial charge on any atom is -0.448 e. The quantitative estimate of drug-likeness (QED) is 0.785. The van der Waals surface area contributed by atoms with E-state index in [9.17, 15) is 9.59 Å². The van der Waals surface area contributed by atoms with Crippen molar-refractivity contribution in [3.63, 3.8) is 0 Å². The standard InChI is InChI=1S/C22H22N2O3/c1-2-11-23-12-13-24(14-21(23)25)22(26)27-15-20-18-9-5-3-7-16(18)17-8-4-6-10-19(17)20/h2-10,20H,1,11-15H2. The van der Waals surface area contributed by atoms with Gasteiger partial charge in [-0.15, -0.1) is 6.58 Å². The molecule has 0 unspecified atom stereocenters. The van der Waals surface area contributed by atoms with Crippen LogP contribution in [0.15, 0.2) is 61.2 Å². The minimum absolute atomic E-state index is 0.0270. The Morgan fingerprint density at radius 3 is 2.30 bits per heavy atom. The van der Waals surface area contributed by atoms with E-state index in [-0.39, 0.29) is 25.0 Å². The van der Waals surface area contributed by atoms with Crippen LogP contribution in [0.4, 0.5) is 4.79 Å². The zero-order valence-electron chi connectivity index (χ0n) is 15.1. The third-order valence-electron chi connectivity index (χ3n) is 5.26. The Morgan fingerprint density at radius 2 is 1.70 bits per heavy atom. The molecule has 5 heteroatoms. The van der Waals surface area contributed by atoms with Crippen LogP contribution in [0.1, 0.15) is 17.0 Å². The highest BCUT2D eigenvalue weighted by molar-refractivity contribution is 5.84. The zero-order valence-corrected chi connectivity index (χ0v) is 15.1. The van der Waals surface area contributed by atoms with Gasteiger partial charge >= 0.3 is 6.09 Å². The van der Waals surface area contributed by atoms with Crippen molar-refractivity contribution in [2.24, 2.45) is 0 Å². The molecule has 1 aliphatic carbocycles. The molecule has 0 N–H and O–H groups in total. The van der Waals surface area contributed by atoms with E-state index in [4.69, 9.17) is 4.74 Å². The molecule has 0 bridgehead atoms. The number of benzene rings is 2. The highest BCUT2D eigenvalue weighted by atomic mass is 16.6. The Balaban J connectivity index is 1.44. The second-order valence-electron chi connectivity index (χ2n) is 6.85. The molecule has 1 heterocycles. The molecule has 1 aliphatic heterocycles. The Morgan fingerprint density at radius 1 is 1.07 bits per heavy atom. The van der Waals surface area contributed by atoms with Crippen LogP contribution < -0.4 is 0 Å². The third kappa shape index (κ3) is 3.21. The van der Waals surface area contributed by atoms with Crippen LogP contribution in [0.2, 0.25) is 0 Å². The fourth-order valence-corrected chi connectivity index (χ4v) is 3.90. The first-order valence-electron chi connectivity index (χ1n) is 9.17. The van der Waals surface area contributed by atoms with E-state index in [1.165, 1.54) is 27.2 Å². The molecule has 0 saturated carbocycles. The second-order valence-corrected chi connectivity index (χ2v) is 6.85. The topological polar surface area (TPSA) is 49.9 Å². The van der Waals surface area contributed by atoms with Crippen LogP contribution in [-0.2, 0) is 9.53 Å². The van der Waals surface area contributed by atoms with Crippen molar-refractivity contribution < 1.29 is 14.3 Å². The fraction of sp³-hybridized carbons (Fsp3) is 0.273. The van der Waals surface area contributed by atoms with E-state index in [1.807, 2.05) is 24.3 Å². The summed E-state index contributed by atoms with van der Waals surface area (Å²) in [6, 6.07) is 16.5. The SMILES string of the molecule is C=CCN1CCN(C(=O)OCC2c3ccccc3-c3ccccc32)CC1=O. The normalized spacial score (nSPS) is 16.1. The van der Waals surface area contributed by atoms with Crippen LogP contribution in [0, 0.1) is 0 Å². The average Bonchev–Trinajstić information content (AvgIpc) is 3.02. The van der Waals surface area contributed by atoms with Crippen LogP contribution in [0.25, 0.3) is 11.1 Å². The van der Waals surface area contributed by atoms with Gasteiger partial charge < -0.3 is 9.64 Å². The summed E-state index contributed by atoms with van der Waals surface area (Å²) in [4.78, 5) is 27.8. The third-order valence-corrected chi connectivity index (χ3v) is 5.26. The number of fused-ring (bicyclic) bond motifs is 3. The van der Waals surface area contributed by atoms with Gasteiger partial charge in [-0.2, -0.15) is 0 Å². The summed E-state index contributed by atoms with van der Waals surface area (Å²) < 4.78 is 5.62. The molecule has 0 radical (unpaired) electrons. The van der Waals surface area contributed by atoms with Crippen molar-refractivity contribution in [1.82, 2.24) is 9.80 Å². The predicted molar refractivity (Wildman–Crippen MR) is 103 cm³/mol. The molecule has 27 heavy (non-hydrogen) atoms. The number of rotatable bonds is 4. The van der Waals surface area contributed by atoms with Crippen molar-refractivity contribution in [2.45, 2.75) is 5.92 Å². The number of ether oxygens (including phenoxy) is 1. The van der Waals surface area contributed by atoms with Gasteiger partial charge in [0, 0.05) is 25.6 Å². The fourth-order valence-electron chi connectivity index (χ4n) is 3.90. The molecule has 5 nitrogen and oxygen atoms in total. The van der Waals surface area contributed by atoms with E-state index in [1.54, 1.807) is 11.0 Å².